The summed E-state index contributed by atoms with van der Waals surface area (Å²) in [4.78, 5) is 19.8. The van der Waals surface area contributed by atoms with Gasteiger partial charge in [-0.15, -0.1) is 11.3 Å². The van der Waals surface area contributed by atoms with Gasteiger partial charge in [-0.3, -0.25) is 4.79 Å². The maximum absolute atomic E-state index is 13.1. The zero-order chi connectivity index (χ0) is 22.5. The van der Waals surface area contributed by atoms with E-state index in [0.29, 0.717) is 24.3 Å². The van der Waals surface area contributed by atoms with Gasteiger partial charge >= 0.3 is 0 Å². The topological polar surface area (TPSA) is 59.2 Å². The molecule has 0 radical (unpaired) electrons. The highest BCUT2D eigenvalue weighted by Gasteiger charge is 2.19. The molecule has 0 unspecified atom stereocenters. The summed E-state index contributed by atoms with van der Waals surface area (Å²) in [5.74, 6) is 0.510. The first kappa shape index (κ1) is 21.9. The number of thiazole rings is 1. The van der Waals surface area contributed by atoms with Crippen LogP contribution in [-0.2, 0) is 12.8 Å². The second-order valence-corrected chi connectivity index (χ2v) is 8.78. The lowest BCUT2D eigenvalue weighted by Crippen LogP contribution is -2.27. The minimum atomic E-state index is -0.261. The van der Waals surface area contributed by atoms with Crippen molar-refractivity contribution in [2.75, 3.05) is 13.6 Å². The van der Waals surface area contributed by atoms with Crippen LogP contribution in [0, 0.1) is 12.7 Å². The summed E-state index contributed by atoms with van der Waals surface area (Å²) in [5, 5.41) is 4.99. The van der Waals surface area contributed by atoms with Gasteiger partial charge in [0.2, 0.25) is 0 Å². The van der Waals surface area contributed by atoms with Crippen molar-refractivity contribution >= 4 is 17.2 Å². The number of benzene rings is 2. The summed E-state index contributed by atoms with van der Waals surface area (Å²) in [6, 6.07) is 18.2. The summed E-state index contributed by atoms with van der Waals surface area (Å²) in [6.07, 6.45) is 2.05. The third kappa shape index (κ3) is 5.29. The van der Waals surface area contributed by atoms with Crippen molar-refractivity contribution in [1.82, 2.24) is 15.0 Å². The number of nitrogens with zero attached hydrogens (tertiary/aromatic N) is 3. The molecule has 2 aromatic heterocycles. The van der Waals surface area contributed by atoms with Gasteiger partial charge in [-0.2, -0.15) is 0 Å². The van der Waals surface area contributed by atoms with Gasteiger partial charge in [-0.05, 0) is 31.0 Å². The second kappa shape index (κ2) is 9.87. The fourth-order valence-electron chi connectivity index (χ4n) is 3.44. The van der Waals surface area contributed by atoms with Crippen LogP contribution in [0.4, 0.5) is 4.39 Å². The Hall–Kier alpha value is -3.32. The predicted octanol–water partition coefficient (Wildman–Crippen LogP) is 5.54. The van der Waals surface area contributed by atoms with E-state index in [2.05, 4.69) is 10.1 Å². The number of carbonyl (C=O) groups is 1. The van der Waals surface area contributed by atoms with Crippen molar-refractivity contribution in [3.8, 4) is 11.3 Å². The van der Waals surface area contributed by atoms with E-state index in [0.717, 1.165) is 39.7 Å². The number of halogens is 1. The van der Waals surface area contributed by atoms with Crippen LogP contribution in [0.15, 0.2) is 65.2 Å². The minimum Gasteiger partial charge on any atom is -0.361 e. The van der Waals surface area contributed by atoms with Crippen LogP contribution in [0.25, 0.3) is 11.3 Å². The highest BCUT2D eigenvalue weighted by Crippen LogP contribution is 2.23. The number of aryl methyl sites for hydroxylation is 2. The summed E-state index contributed by atoms with van der Waals surface area (Å²) in [6.45, 7) is 2.45. The number of hydrogen-bond donors (Lipinski definition) is 0. The quantitative estimate of drug-likeness (QED) is 0.354. The Morgan fingerprint density at radius 3 is 2.62 bits per heavy atom. The second-order valence-electron chi connectivity index (χ2n) is 7.70. The smallest absolute Gasteiger partial charge is 0.265 e. The van der Waals surface area contributed by atoms with Gasteiger partial charge in [0.15, 0.2) is 0 Å². The molecular formula is C25H24FN3O2S. The summed E-state index contributed by atoms with van der Waals surface area (Å²) in [5.41, 5.74) is 3.53. The number of hydrogen-bond acceptors (Lipinski definition) is 5. The average molecular weight is 450 g/mol. The largest absolute Gasteiger partial charge is 0.361 e. The molecule has 0 saturated carbocycles. The molecule has 4 rings (SSSR count). The molecule has 0 atom stereocenters. The molecule has 2 aromatic carbocycles. The molecule has 0 saturated heterocycles. The normalized spacial score (nSPS) is 11.0. The summed E-state index contributed by atoms with van der Waals surface area (Å²) < 4.78 is 18.6. The SMILES string of the molecule is Cc1nc(Cc2ccc(F)cc2)sc1C(=O)N(C)CCCc1cc(-c2ccccc2)no1. The zero-order valence-electron chi connectivity index (χ0n) is 18.0. The van der Waals surface area contributed by atoms with Crippen LogP contribution < -0.4 is 0 Å². The minimum absolute atomic E-state index is 0.0344. The molecule has 164 valence electrons. The van der Waals surface area contributed by atoms with Crippen LogP contribution >= 0.6 is 11.3 Å². The van der Waals surface area contributed by atoms with Crippen LogP contribution in [0.1, 0.15) is 38.1 Å². The number of amides is 1. The van der Waals surface area contributed by atoms with Gasteiger partial charge in [0.25, 0.3) is 5.91 Å². The zero-order valence-corrected chi connectivity index (χ0v) is 18.9. The van der Waals surface area contributed by atoms with Gasteiger partial charge in [0, 0.05) is 38.1 Å². The Bertz CT molecular complexity index is 1190. The third-order valence-electron chi connectivity index (χ3n) is 5.20. The Balaban J connectivity index is 1.31. The molecule has 5 nitrogen and oxygen atoms in total. The Kier molecular flexibility index (Phi) is 6.75. The van der Waals surface area contributed by atoms with E-state index in [1.54, 1.807) is 24.1 Å². The average Bonchev–Trinajstić information content (AvgIpc) is 3.42. The van der Waals surface area contributed by atoms with Crippen molar-refractivity contribution < 1.29 is 13.7 Å². The fraction of sp³-hybridized carbons (Fsp3) is 0.240. The van der Waals surface area contributed by atoms with E-state index in [4.69, 9.17) is 4.52 Å². The molecule has 1 amide bonds. The lowest BCUT2D eigenvalue weighted by molar-refractivity contribution is 0.0796. The molecule has 0 aliphatic rings. The Labute approximate surface area is 190 Å². The van der Waals surface area contributed by atoms with Gasteiger partial charge < -0.3 is 9.42 Å². The first-order chi connectivity index (χ1) is 15.5. The fourth-order valence-corrected chi connectivity index (χ4v) is 4.54. The molecule has 2 heterocycles. The molecular weight excluding hydrogens is 425 g/mol. The molecule has 0 aliphatic heterocycles. The molecule has 7 heteroatoms. The molecule has 0 spiro atoms. The number of carbonyl (C=O) groups excluding carboxylic acids is 1. The van der Waals surface area contributed by atoms with Crippen LogP contribution in [0.3, 0.4) is 0 Å². The van der Waals surface area contributed by atoms with E-state index in [9.17, 15) is 9.18 Å². The first-order valence-corrected chi connectivity index (χ1v) is 11.3. The maximum atomic E-state index is 13.1. The lowest BCUT2D eigenvalue weighted by Gasteiger charge is -2.15. The Morgan fingerprint density at radius 2 is 1.88 bits per heavy atom. The third-order valence-corrected chi connectivity index (χ3v) is 6.34. The van der Waals surface area contributed by atoms with Crippen molar-refractivity contribution in [2.45, 2.75) is 26.2 Å². The molecule has 0 N–H and O–H groups in total. The van der Waals surface area contributed by atoms with Gasteiger partial charge in [-0.1, -0.05) is 47.6 Å². The highest BCUT2D eigenvalue weighted by molar-refractivity contribution is 7.13. The van der Waals surface area contributed by atoms with Gasteiger partial charge in [0.05, 0.1) is 10.7 Å². The molecule has 0 aliphatic carbocycles. The molecule has 0 bridgehead atoms. The summed E-state index contributed by atoms with van der Waals surface area (Å²) in [7, 11) is 1.80. The number of rotatable bonds is 8. The van der Waals surface area contributed by atoms with Crippen molar-refractivity contribution in [1.29, 1.82) is 0 Å². The van der Waals surface area contributed by atoms with Gasteiger partial charge in [0.1, 0.15) is 22.1 Å². The Morgan fingerprint density at radius 1 is 1.12 bits per heavy atom. The van der Waals surface area contributed by atoms with E-state index in [1.807, 2.05) is 43.3 Å². The van der Waals surface area contributed by atoms with Crippen molar-refractivity contribution in [3.05, 3.63) is 93.4 Å². The molecule has 0 fully saturated rings. The highest BCUT2D eigenvalue weighted by atomic mass is 32.1. The van der Waals surface area contributed by atoms with Gasteiger partial charge in [-0.25, -0.2) is 9.37 Å². The lowest BCUT2D eigenvalue weighted by atomic mass is 10.1. The molecule has 32 heavy (non-hydrogen) atoms. The standard InChI is InChI=1S/C25H24FN3O2S/c1-17-24(32-23(27-17)15-18-10-12-20(26)13-11-18)25(30)29(2)14-6-9-21-16-22(28-31-21)19-7-4-3-5-8-19/h3-5,7-8,10-13,16H,6,9,14-15H2,1-2H3. The predicted molar refractivity (Wildman–Crippen MR) is 123 cm³/mol. The van der Waals surface area contributed by atoms with E-state index < -0.39 is 0 Å². The van der Waals surface area contributed by atoms with E-state index in [-0.39, 0.29) is 11.7 Å². The summed E-state index contributed by atoms with van der Waals surface area (Å²) >= 11 is 1.40. The van der Waals surface area contributed by atoms with E-state index in [1.165, 1.54) is 23.5 Å². The van der Waals surface area contributed by atoms with Crippen LogP contribution in [0.2, 0.25) is 0 Å². The number of aromatic nitrogens is 2. The molecule has 4 aromatic rings. The van der Waals surface area contributed by atoms with Crippen molar-refractivity contribution in [2.24, 2.45) is 0 Å². The first-order valence-electron chi connectivity index (χ1n) is 10.5. The monoisotopic (exact) mass is 449 g/mol. The van der Waals surface area contributed by atoms with Crippen molar-refractivity contribution in [3.63, 3.8) is 0 Å². The van der Waals surface area contributed by atoms with Crippen LogP contribution in [0.5, 0.6) is 0 Å². The maximum Gasteiger partial charge on any atom is 0.265 e. The van der Waals surface area contributed by atoms with Crippen LogP contribution in [-0.4, -0.2) is 34.5 Å². The van der Waals surface area contributed by atoms with E-state index >= 15 is 0 Å².